The minimum Gasteiger partial charge on any atom is -0.424 e. The Balaban J connectivity index is 1.61. The summed E-state index contributed by atoms with van der Waals surface area (Å²) in [7, 11) is 0. The Bertz CT molecular complexity index is 570. The lowest BCUT2D eigenvalue weighted by Gasteiger charge is -2.25. The normalized spacial score (nSPS) is 20.8. The van der Waals surface area contributed by atoms with E-state index < -0.39 is 6.10 Å². The molecule has 0 saturated carbocycles. The van der Waals surface area contributed by atoms with E-state index in [0.29, 0.717) is 24.4 Å². The van der Waals surface area contributed by atoms with Gasteiger partial charge in [-0.2, -0.15) is 0 Å². The molecule has 1 aromatic carbocycles. The second kappa shape index (κ2) is 6.37. The van der Waals surface area contributed by atoms with Crippen LogP contribution in [0.2, 0.25) is 0 Å². The lowest BCUT2D eigenvalue weighted by Crippen LogP contribution is -2.30. The summed E-state index contributed by atoms with van der Waals surface area (Å²) in [6, 6.07) is 10.2. The lowest BCUT2D eigenvalue weighted by atomic mass is 10.0. The number of aliphatic hydroxyl groups excluding tert-OH is 1. The first-order valence-corrected chi connectivity index (χ1v) is 7.48. The Hall–Kier alpha value is -1.72. The van der Waals surface area contributed by atoms with Crippen LogP contribution >= 0.6 is 0 Å². The fourth-order valence-electron chi connectivity index (χ4n) is 3.01. The fraction of sp³-hybridized carbons (Fsp3) is 0.500. The van der Waals surface area contributed by atoms with Crippen molar-refractivity contribution in [2.75, 3.05) is 6.54 Å². The maximum absolute atomic E-state index is 10.4. The Morgan fingerprint density at radius 3 is 2.86 bits per heavy atom. The Kier molecular flexibility index (Phi) is 4.31. The molecule has 0 spiro atoms. The number of aryl methyl sites for hydroxylation is 1. The molecule has 2 heterocycles. The number of hydrogen-bond acceptors (Lipinski definition) is 5. The van der Waals surface area contributed by atoms with Gasteiger partial charge in [0.15, 0.2) is 0 Å². The van der Waals surface area contributed by atoms with E-state index >= 15 is 0 Å². The van der Waals surface area contributed by atoms with Gasteiger partial charge >= 0.3 is 0 Å². The average molecular weight is 287 g/mol. The van der Waals surface area contributed by atoms with Crippen molar-refractivity contribution in [2.24, 2.45) is 0 Å². The predicted octanol–water partition coefficient (Wildman–Crippen LogP) is 2.47. The van der Waals surface area contributed by atoms with Gasteiger partial charge in [-0.3, -0.25) is 4.90 Å². The van der Waals surface area contributed by atoms with Crippen LogP contribution < -0.4 is 0 Å². The van der Waals surface area contributed by atoms with Crippen LogP contribution in [0.5, 0.6) is 0 Å². The third-order valence-corrected chi connectivity index (χ3v) is 4.08. The van der Waals surface area contributed by atoms with Gasteiger partial charge < -0.3 is 9.52 Å². The van der Waals surface area contributed by atoms with Gasteiger partial charge in [0, 0.05) is 13.0 Å². The summed E-state index contributed by atoms with van der Waals surface area (Å²) in [5.74, 6) is 1.26. The van der Waals surface area contributed by atoms with Crippen LogP contribution in [0.15, 0.2) is 34.7 Å². The molecule has 2 aromatic rings. The monoisotopic (exact) mass is 287 g/mol. The summed E-state index contributed by atoms with van der Waals surface area (Å²) in [4.78, 5) is 2.33. The Labute approximate surface area is 124 Å². The first-order chi connectivity index (χ1) is 10.2. The third kappa shape index (κ3) is 3.49. The summed E-state index contributed by atoms with van der Waals surface area (Å²) in [5.41, 5.74) is 0.984. The molecule has 0 aliphatic carbocycles. The number of rotatable bonds is 5. The van der Waals surface area contributed by atoms with Gasteiger partial charge in [-0.1, -0.05) is 30.3 Å². The molecule has 3 rings (SSSR count). The van der Waals surface area contributed by atoms with E-state index in [0.717, 1.165) is 31.4 Å². The molecule has 112 valence electrons. The van der Waals surface area contributed by atoms with E-state index in [1.54, 1.807) is 6.92 Å². The van der Waals surface area contributed by atoms with Gasteiger partial charge in [0.05, 0.1) is 12.6 Å². The largest absolute Gasteiger partial charge is 0.424 e. The van der Waals surface area contributed by atoms with Crippen LogP contribution in [0.25, 0.3) is 0 Å². The Morgan fingerprint density at radius 1 is 1.33 bits per heavy atom. The molecule has 1 aliphatic heterocycles. The minimum atomic E-state index is -0.416. The summed E-state index contributed by atoms with van der Waals surface area (Å²) >= 11 is 0. The Morgan fingerprint density at radius 2 is 2.14 bits per heavy atom. The molecular weight excluding hydrogens is 266 g/mol. The summed E-state index contributed by atoms with van der Waals surface area (Å²) in [6.45, 7) is 3.50. The second-order valence-corrected chi connectivity index (χ2v) is 5.64. The number of aromatic nitrogens is 2. The van der Waals surface area contributed by atoms with E-state index in [1.807, 2.05) is 30.3 Å². The van der Waals surface area contributed by atoms with Crippen molar-refractivity contribution in [1.29, 1.82) is 0 Å². The number of hydrogen-bond donors (Lipinski definition) is 1. The molecule has 0 unspecified atom stereocenters. The molecule has 2 atom stereocenters. The van der Waals surface area contributed by atoms with Crippen molar-refractivity contribution in [3.05, 3.63) is 47.7 Å². The van der Waals surface area contributed by atoms with Gasteiger partial charge in [-0.15, -0.1) is 10.2 Å². The van der Waals surface area contributed by atoms with Crippen LogP contribution in [0.1, 0.15) is 42.7 Å². The lowest BCUT2D eigenvalue weighted by molar-refractivity contribution is 0.113. The minimum absolute atomic E-state index is 0.368. The highest BCUT2D eigenvalue weighted by Crippen LogP contribution is 2.28. The molecule has 0 bridgehead atoms. The number of benzene rings is 1. The summed E-state index contributed by atoms with van der Waals surface area (Å²) < 4.78 is 5.46. The number of aliphatic hydroxyl groups is 1. The van der Waals surface area contributed by atoms with Crippen molar-refractivity contribution in [2.45, 2.75) is 44.9 Å². The van der Waals surface area contributed by atoms with Crippen molar-refractivity contribution in [3.63, 3.8) is 0 Å². The smallest absolute Gasteiger partial charge is 0.230 e. The second-order valence-electron chi connectivity index (χ2n) is 5.64. The molecule has 1 fully saturated rings. The van der Waals surface area contributed by atoms with E-state index in [2.05, 4.69) is 15.1 Å². The van der Waals surface area contributed by atoms with Crippen LogP contribution in [-0.2, 0) is 6.54 Å². The van der Waals surface area contributed by atoms with Gasteiger partial charge in [-0.05, 0) is 31.4 Å². The van der Waals surface area contributed by atoms with Crippen molar-refractivity contribution >= 4 is 0 Å². The standard InChI is InChI=1S/C16H21N3O2/c1-12-17-18-16(21-12)11-19-9-5-8-14(19)10-15(20)13-6-3-2-4-7-13/h2-4,6-7,14-15,20H,5,8-11H2,1H3/t14-,15+/m1/s1. The molecule has 1 aromatic heterocycles. The zero-order valence-corrected chi connectivity index (χ0v) is 12.3. The molecule has 5 heteroatoms. The highest BCUT2D eigenvalue weighted by Gasteiger charge is 2.28. The molecule has 1 aliphatic rings. The van der Waals surface area contributed by atoms with Crippen molar-refractivity contribution in [1.82, 2.24) is 15.1 Å². The molecule has 5 nitrogen and oxygen atoms in total. The molecule has 0 radical (unpaired) electrons. The molecule has 1 N–H and O–H groups in total. The van der Waals surface area contributed by atoms with E-state index in [-0.39, 0.29) is 0 Å². The quantitative estimate of drug-likeness (QED) is 0.915. The highest BCUT2D eigenvalue weighted by molar-refractivity contribution is 5.17. The van der Waals surface area contributed by atoms with Crippen LogP contribution in [0.3, 0.4) is 0 Å². The highest BCUT2D eigenvalue weighted by atomic mass is 16.4. The molecule has 1 saturated heterocycles. The van der Waals surface area contributed by atoms with E-state index in [4.69, 9.17) is 4.42 Å². The van der Waals surface area contributed by atoms with Crippen LogP contribution in [0.4, 0.5) is 0 Å². The number of likely N-dealkylation sites (tertiary alicyclic amines) is 1. The van der Waals surface area contributed by atoms with Crippen LogP contribution in [-0.4, -0.2) is 32.8 Å². The molecular formula is C16H21N3O2. The third-order valence-electron chi connectivity index (χ3n) is 4.08. The van der Waals surface area contributed by atoms with Gasteiger partial charge in [0.25, 0.3) is 0 Å². The first-order valence-electron chi connectivity index (χ1n) is 7.48. The fourth-order valence-corrected chi connectivity index (χ4v) is 3.01. The van der Waals surface area contributed by atoms with Gasteiger partial charge in [0.1, 0.15) is 0 Å². The predicted molar refractivity (Wildman–Crippen MR) is 78.5 cm³/mol. The van der Waals surface area contributed by atoms with Gasteiger partial charge in [-0.25, -0.2) is 0 Å². The summed E-state index contributed by atoms with van der Waals surface area (Å²) in [5, 5.41) is 18.3. The zero-order chi connectivity index (χ0) is 14.7. The average Bonchev–Trinajstić information content (AvgIpc) is 3.10. The van der Waals surface area contributed by atoms with Gasteiger partial charge in [0.2, 0.25) is 11.8 Å². The summed E-state index contributed by atoms with van der Waals surface area (Å²) in [6.07, 6.45) is 2.59. The maximum atomic E-state index is 10.4. The van der Waals surface area contributed by atoms with E-state index in [9.17, 15) is 5.11 Å². The molecule has 0 amide bonds. The maximum Gasteiger partial charge on any atom is 0.230 e. The SMILES string of the molecule is Cc1nnc(CN2CCC[C@@H]2C[C@H](O)c2ccccc2)o1. The number of nitrogens with zero attached hydrogens (tertiary/aromatic N) is 3. The topological polar surface area (TPSA) is 62.4 Å². The van der Waals surface area contributed by atoms with Crippen LogP contribution in [0, 0.1) is 6.92 Å². The first kappa shape index (κ1) is 14.2. The zero-order valence-electron chi connectivity index (χ0n) is 12.3. The van der Waals surface area contributed by atoms with Crippen molar-refractivity contribution in [3.8, 4) is 0 Å². The van der Waals surface area contributed by atoms with Crippen molar-refractivity contribution < 1.29 is 9.52 Å². The van der Waals surface area contributed by atoms with E-state index in [1.165, 1.54) is 0 Å². The molecule has 21 heavy (non-hydrogen) atoms.